The number of fused-ring (bicyclic) bond motifs is 1. The highest BCUT2D eigenvalue weighted by atomic mass is 15.3. The predicted molar refractivity (Wildman–Crippen MR) is 64.3 cm³/mol. The molecule has 0 aliphatic rings. The Bertz CT molecular complexity index is 472. The third-order valence-corrected chi connectivity index (χ3v) is 2.18. The predicted octanol–water partition coefficient (Wildman–Crippen LogP) is 2.22. The van der Waals surface area contributed by atoms with Crippen molar-refractivity contribution in [1.82, 2.24) is 10.9 Å². The zero-order chi connectivity index (χ0) is 10.5. The largest absolute Gasteiger partial charge is 0.312 e. The van der Waals surface area contributed by atoms with Gasteiger partial charge in [0.05, 0.1) is 5.69 Å². The molecule has 0 unspecified atom stereocenters. The molecule has 0 spiro atoms. The molecule has 0 saturated carbocycles. The van der Waals surface area contributed by atoms with Crippen molar-refractivity contribution in [3.63, 3.8) is 0 Å². The van der Waals surface area contributed by atoms with Gasteiger partial charge in [-0.2, -0.15) is 0 Å². The zero-order valence-corrected chi connectivity index (χ0v) is 8.57. The van der Waals surface area contributed by atoms with Gasteiger partial charge in [-0.3, -0.25) is 0 Å². The van der Waals surface area contributed by atoms with Crippen molar-refractivity contribution in [2.45, 2.75) is 0 Å². The van der Waals surface area contributed by atoms with Gasteiger partial charge < -0.3 is 5.43 Å². The summed E-state index contributed by atoms with van der Waals surface area (Å²) in [5, 5.41) is 2.37. The summed E-state index contributed by atoms with van der Waals surface area (Å²) in [7, 11) is 1.80. The maximum Gasteiger partial charge on any atom is 0.103 e. The quantitative estimate of drug-likeness (QED) is 0.452. The van der Waals surface area contributed by atoms with Crippen LogP contribution in [0.2, 0.25) is 0 Å². The van der Waals surface area contributed by atoms with Gasteiger partial charge in [0.25, 0.3) is 0 Å². The van der Waals surface area contributed by atoms with E-state index in [4.69, 9.17) is 0 Å². The van der Waals surface area contributed by atoms with Crippen molar-refractivity contribution < 1.29 is 0 Å². The molecule has 76 valence electrons. The number of nitrogens with one attached hydrogen (secondary N) is 2. The average molecular weight is 199 g/mol. The summed E-state index contributed by atoms with van der Waals surface area (Å²) < 4.78 is 0. The SMILES string of the molecule is CNNC=Nc1cccc2ccccc12. The van der Waals surface area contributed by atoms with Crippen molar-refractivity contribution in [3.8, 4) is 0 Å². The smallest absolute Gasteiger partial charge is 0.103 e. The van der Waals surface area contributed by atoms with E-state index >= 15 is 0 Å². The van der Waals surface area contributed by atoms with E-state index in [1.165, 1.54) is 5.39 Å². The second-order valence-electron chi connectivity index (χ2n) is 3.15. The maximum absolute atomic E-state index is 4.33. The fourth-order valence-electron chi connectivity index (χ4n) is 1.49. The first-order chi connectivity index (χ1) is 7.42. The van der Waals surface area contributed by atoms with E-state index in [2.05, 4.69) is 34.0 Å². The summed E-state index contributed by atoms with van der Waals surface area (Å²) in [5.74, 6) is 0. The summed E-state index contributed by atoms with van der Waals surface area (Å²) >= 11 is 0. The topological polar surface area (TPSA) is 36.4 Å². The van der Waals surface area contributed by atoms with E-state index < -0.39 is 0 Å². The minimum Gasteiger partial charge on any atom is -0.312 e. The van der Waals surface area contributed by atoms with Crippen LogP contribution in [-0.2, 0) is 0 Å². The molecule has 2 aromatic carbocycles. The molecule has 3 nitrogen and oxygen atoms in total. The van der Waals surface area contributed by atoms with E-state index in [0.717, 1.165) is 11.1 Å². The van der Waals surface area contributed by atoms with Crippen LogP contribution in [0.4, 0.5) is 5.69 Å². The van der Waals surface area contributed by atoms with Gasteiger partial charge in [-0.05, 0) is 11.5 Å². The number of rotatable bonds is 3. The number of benzene rings is 2. The Kier molecular flexibility index (Phi) is 2.95. The van der Waals surface area contributed by atoms with E-state index in [1.54, 1.807) is 13.4 Å². The van der Waals surface area contributed by atoms with Crippen LogP contribution in [0, 0.1) is 0 Å². The fourth-order valence-corrected chi connectivity index (χ4v) is 1.49. The molecule has 0 aliphatic heterocycles. The molecule has 2 rings (SSSR count). The first-order valence-corrected chi connectivity index (χ1v) is 4.84. The fraction of sp³-hybridized carbons (Fsp3) is 0.0833. The molecule has 0 bridgehead atoms. The molecule has 0 aromatic heterocycles. The van der Waals surface area contributed by atoms with Crippen LogP contribution in [0.5, 0.6) is 0 Å². The lowest BCUT2D eigenvalue weighted by Crippen LogP contribution is -2.25. The number of hydrazine groups is 1. The van der Waals surface area contributed by atoms with Gasteiger partial charge in [0.15, 0.2) is 0 Å². The third-order valence-electron chi connectivity index (χ3n) is 2.18. The molecule has 3 heteroatoms. The van der Waals surface area contributed by atoms with Crippen molar-refractivity contribution in [2.24, 2.45) is 4.99 Å². The van der Waals surface area contributed by atoms with Crippen LogP contribution >= 0.6 is 0 Å². The van der Waals surface area contributed by atoms with Gasteiger partial charge in [0.2, 0.25) is 0 Å². The van der Waals surface area contributed by atoms with Crippen LogP contribution in [0.1, 0.15) is 0 Å². The highest BCUT2D eigenvalue weighted by molar-refractivity contribution is 5.93. The summed E-state index contributed by atoms with van der Waals surface area (Å²) in [6.45, 7) is 0. The Labute approximate surface area is 88.8 Å². The minimum atomic E-state index is 0.968. The van der Waals surface area contributed by atoms with Crippen LogP contribution in [0.25, 0.3) is 10.8 Å². The Morgan fingerprint density at radius 2 is 1.87 bits per heavy atom. The number of aliphatic imine (C=N–C) groups is 1. The van der Waals surface area contributed by atoms with Crippen molar-refractivity contribution >= 4 is 22.8 Å². The second-order valence-corrected chi connectivity index (χ2v) is 3.15. The Hall–Kier alpha value is -1.87. The van der Waals surface area contributed by atoms with E-state index in [1.807, 2.05) is 24.3 Å². The average Bonchev–Trinajstić information content (AvgIpc) is 2.30. The zero-order valence-electron chi connectivity index (χ0n) is 8.57. The number of hydrogen-bond donors (Lipinski definition) is 2. The molecule has 0 atom stereocenters. The maximum atomic E-state index is 4.33. The lowest BCUT2D eigenvalue weighted by Gasteiger charge is -2.01. The monoisotopic (exact) mass is 199 g/mol. The van der Waals surface area contributed by atoms with Gasteiger partial charge in [0, 0.05) is 12.4 Å². The second kappa shape index (κ2) is 4.57. The van der Waals surface area contributed by atoms with Crippen molar-refractivity contribution in [2.75, 3.05) is 7.05 Å². The Balaban J connectivity index is 2.42. The summed E-state index contributed by atoms with van der Waals surface area (Å²) in [5.41, 5.74) is 6.57. The Morgan fingerprint density at radius 1 is 1.07 bits per heavy atom. The number of nitrogens with zero attached hydrogens (tertiary/aromatic N) is 1. The minimum absolute atomic E-state index is 0.968. The van der Waals surface area contributed by atoms with Gasteiger partial charge in [0.1, 0.15) is 6.34 Å². The van der Waals surface area contributed by atoms with E-state index in [9.17, 15) is 0 Å². The van der Waals surface area contributed by atoms with Gasteiger partial charge in [-0.25, -0.2) is 10.4 Å². The van der Waals surface area contributed by atoms with Crippen LogP contribution in [0.15, 0.2) is 47.5 Å². The van der Waals surface area contributed by atoms with E-state index in [-0.39, 0.29) is 0 Å². The molecule has 0 heterocycles. The summed E-state index contributed by atoms with van der Waals surface area (Å²) in [6, 6.07) is 14.3. The molecule has 0 radical (unpaired) electrons. The van der Waals surface area contributed by atoms with Crippen molar-refractivity contribution in [1.29, 1.82) is 0 Å². The van der Waals surface area contributed by atoms with Gasteiger partial charge in [-0.15, -0.1) is 0 Å². The first-order valence-electron chi connectivity index (χ1n) is 4.84. The van der Waals surface area contributed by atoms with Gasteiger partial charge >= 0.3 is 0 Å². The van der Waals surface area contributed by atoms with E-state index in [0.29, 0.717) is 0 Å². The molecule has 2 aromatic rings. The lowest BCUT2D eigenvalue weighted by molar-refractivity contribution is 0.782. The molecule has 0 fully saturated rings. The highest BCUT2D eigenvalue weighted by Crippen LogP contribution is 2.24. The van der Waals surface area contributed by atoms with Crippen LogP contribution in [0.3, 0.4) is 0 Å². The molecule has 15 heavy (non-hydrogen) atoms. The standard InChI is InChI=1S/C12H13N3/c1-13-15-9-14-12-8-4-6-10-5-2-3-7-11(10)12/h2-9,13H,1H3,(H,14,15). The summed E-state index contributed by atoms with van der Waals surface area (Å²) in [4.78, 5) is 4.33. The molecule has 0 aliphatic carbocycles. The molecule has 0 amide bonds. The van der Waals surface area contributed by atoms with Gasteiger partial charge in [-0.1, -0.05) is 36.4 Å². The van der Waals surface area contributed by atoms with Crippen LogP contribution < -0.4 is 10.9 Å². The number of hydrogen-bond acceptors (Lipinski definition) is 2. The molecule has 0 saturated heterocycles. The van der Waals surface area contributed by atoms with Crippen LogP contribution in [-0.4, -0.2) is 13.4 Å². The highest BCUT2D eigenvalue weighted by Gasteiger charge is 1.96. The molecular weight excluding hydrogens is 186 g/mol. The normalized spacial score (nSPS) is 11.0. The Morgan fingerprint density at radius 3 is 2.73 bits per heavy atom. The molecule has 2 N–H and O–H groups in total. The molecular formula is C12H13N3. The first kappa shape index (κ1) is 9.68. The summed E-state index contributed by atoms with van der Waals surface area (Å²) in [6.07, 6.45) is 1.64. The third kappa shape index (κ3) is 2.14. The lowest BCUT2D eigenvalue weighted by atomic mass is 10.1. The van der Waals surface area contributed by atoms with Crippen molar-refractivity contribution in [3.05, 3.63) is 42.5 Å².